The van der Waals surface area contributed by atoms with Crippen LogP contribution in [0.1, 0.15) is 12.0 Å². The molecule has 1 amide bonds. The number of hydrogen-bond acceptors (Lipinski definition) is 4. The molecule has 2 rings (SSSR count). The molecular weight excluding hydrogens is 313 g/mol. The van der Waals surface area contributed by atoms with E-state index in [4.69, 9.17) is 9.47 Å². The van der Waals surface area contributed by atoms with Crippen molar-refractivity contribution in [3.63, 3.8) is 0 Å². The van der Waals surface area contributed by atoms with Gasteiger partial charge in [-0.3, -0.25) is 4.79 Å². The smallest absolute Gasteiger partial charge is 0.416 e. The predicted molar refractivity (Wildman–Crippen MR) is 77.2 cm³/mol. The minimum atomic E-state index is -4.36. The third-order valence-electron chi connectivity index (χ3n) is 3.30. The molecule has 1 aliphatic rings. The third kappa shape index (κ3) is 6.07. The molecule has 0 bridgehead atoms. The number of morpholine rings is 1. The number of amides is 1. The van der Waals surface area contributed by atoms with Gasteiger partial charge in [-0.2, -0.15) is 13.2 Å². The zero-order valence-electron chi connectivity index (χ0n) is 12.5. The highest BCUT2D eigenvalue weighted by Crippen LogP contribution is 2.30. The van der Waals surface area contributed by atoms with Crippen LogP contribution in [0, 0.1) is 0 Å². The maximum Gasteiger partial charge on any atom is 0.416 e. The average Bonchev–Trinajstić information content (AvgIpc) is 2.52. The van der Waals surface area contributed by atoms with Gasteiger partial charge >= 0.3 is 6.18 Å². The van der Waals surface area contributed by atoms with Crippen LogP contribution < -0.4 is 15.4 Å². The van der Waals surface area contributed by atoms with Crippen LogP contribution in [0.4, 0.5) is 13.2 Å². The van der Waals surface area contributed by atoms with Gasteiger partial charge in [-0.25, -0.2) is 0 Å². The van der Waals surface area contributed by atoms with E-state index in [2.05, 4.69) is 10.6 Å². The molecular formula is C15H19F3N2O3. The molecule has 0 radical (unpaired) electrons. The van der Waals surface area contributed by atoms with Crippen molar-refractivity contribution < 1.29 is 27.4 Å². The zero-order chi connectivity index (χ0) is 16.7. The van der Waals surface area contributed by atoms with Gasteiger partial charge in [0.25, 0.3) is 0 Å². The highest BCUT2D eigenvalue weighted by molar-refractivity contribution is 5.76. The van der Waals surface area contributed by atoms with Gasteiger partial charge < -0.3 is 20.1 Å². The number of ether oxygens (including phenoxy) is 2. The van der Waals surface area contributed by atoms with Gasteiger partial charge in [0.15, 0.2) is 0 Å². The molecule has 1 heterocycles. The molecule has 1 unspecified atom stereocenters. The van der Waals surface area contributed by atoms with Gasteiger partial charge in [-0.1, -0.05) is 0 Å². The molecule has 128 valence electrons. The van der Waals surface area contributed by atoms with Gasteiger partial charge in [0.1, 0.15) is 12.4 Å². The molecule has 23 heavy (non-hydrogen) atoms. The second kappa shape index (κ2) is 8.16. The van der Waals surface area contributed by atoms with E-state index in [0.29, 0.717) is 25.4 Å². The molecule has 0 saturated carbocycles. The van der Waals surface area contributed by atoms with Crippen molar-refractivity contribution >= 4 is 5.91 Å². The quantitative estimate of drug-likeness (QED) is 0.777. The van der Waals surface area contributed by atoms with Crippen molar-refractivity contribution in [3.8, 4) is 5.75 Å². The van der Waals surface area contributed by atoms with E-state index in [1.54, 1.807) is 0 Å². The second-order valence-corrected chi connectivity index (χ2v) is 5.15. The fourth-order valence-corrected chi connectivity index (χ4v) is 2.15. The lowest BCUT2D eigenvalue weighted by Crippen LogP contribution is -2.44. The SMILES string of the molecule is O=C(CC1COCCN1)NCCOc1ccc(C(F)(F)F)cc1. The van der Waals surface area contributed by atoms with Crippen molar-refractivity contribution in [2.24, 2.45) is 0 Å². The van der Waals surface area contributed by atoms with Crippen molar-refractivity contribution in [1.29, 1.82) is 0 Å². The van der Waals surface area contributed by atoms with Crippen LogP contribution in [0.2, 0.25) is 0 Å². The van der Waals surface area contributed by atoms with Crippen LogP contribution in [0.15, 0.2) is 24.3 Å². The average molecular weight is 332 g/mol. The largest absolute Gasteiger partial charge is 0.492 e. The van der Waals surface area contributed by atoms with E-state index in [9.17, 15) is 18.0 Å². The molecule has 0 spiro atoms. The summed E-state index contributed by atoms with van der Waals surface area (Å²) < 4.78 is 47.8. The van der Waals surface area contributed by atoms with Crippen molar-refractivity contribution in [2.45, 2.75) is 18.6 Å². The zero-order valence-corrected chi connectivity index (χ0v) is 12.5. The topological polar surface area (TPSA) is 59.6 Å². The molecule has 0 aliphatic carbocycles. The number of rotatable bonds is 6. The summed E-state index contributed by atoms with van der Waals surface area (Å²) in [6, 6.07) is 4.45. The Hall–Kier alpha value is -1.80. The van der Waals surface area contributed by atoms with Crippen LogP contribution in [-0.2, 0) is 15.7 Å². The van der Waals surface area contributed by atoms with E-state index in [0.717, 1.165) is 18.7 Å². The molecule has 8 heteroatoms. The predicted octanol–water partition coefficient (Wildman–Crippen LogP) is 1.58. The summed E-state index contributed by atoms with van der Waals surface area (Å²) in [6.07, 6.45) is -4.04. The number of alkyl halides is 3. The van der Waals surface area contributed by atoms with Crippen molar-refractivity contribution in [2.75, 3.05) is 32.9 Å². The Morgan fingerprint density at radius 2 is 2.09 bits per heavy atom. The van der Waals surface area contributed by atoms with Crippen LogP contribution in [0.3, 0.4) is 0 Å². The molecule has 1 aromatic carbocycles. The standard InChI is InChI=1S/C15H19F3N2O3/c16-15(17,18)11-1-3-13(4-2-11)23-8-6-20-14(21)9-12-10-22-7-5-19-12/h1-4,12,19H,5-10H2,(H,20,21). The number of nitrogens with one attached hydrogen (secondary N) is 2. The molecule has 1 aliphatic heterocycles. The second-order valence-electron chi connectivity index (χ2n) is 5.15. The highest BCUT2D eigenvalue weighted by atomic mass is 19.4. The summed E-state index contributed by atoms with van der Waals surface area (Å²) in [7, 11) is 0. The lowest BCUT2D eigenvalue weighted by Gasteiger charge is -2.23. The summed E-state index contributed by atoms with van der Waals surface area (Å²) in [5, 5.41) is 5.87. The molecule has 1 aromatic rings. The third-order valence-corrected chi connectivity index (χ3v) is 3.30. The fraction of sp³-hybridized carbons (Fsp3) is 0.533. The Kier molecular flexibility index (Phi) is 6.23. The van der Waals surface area contributed by atoms with Crippen LogP contribution in [0.25, 0.3) is 0 Å². The molecule has 2 N–H and O–H groups in total. The van der Waals surface area contributed by atoms with Gasteiger partial charge in [-0.15, -0.1) is 0 Å². The molecule has 1 saturated heterocycles. The van der Waals surface area contributed by atoms with Gasteiger partial charge in [-0.05, 0) is 24.3 Å². The van der Waals surface area contributed by atoms with Gasteiger partial charge in [0.05, 0.1) is 25.3 Å². The monoisotopic (exact) mass is 332 g/mol. The molecule has 5 nitrogen and oxygen atoms in total. The van der Waals surface area contributed by atoms with E-state index >= 15 is 0 Å². The van der Waals surface area contributed by atoms with E-state index in [1.807, 2.05) is 0 Å². The van der Waals surface area contributed by atoms with Crippen LogP contribution >= 0.6 is 0 Å². The van der Waals surface area contributed by atoms with Crippen LogP contribution in [0.5, 0.6) is 5.75 Å². The van der Waals surface area contributed by atoms with E-state index in [-0.39, 0.29) is 25.1 Å². The minimum Gasteiger partial charge on any atom is -0.492 e. The highest BCUT2D eigenvalue weighted by Gasteiger charge is 2.30. The Morgan fingerprint density at radius 1 is 1.35 bits per heavy atom. The minimum absolute atomic E-state index is 0.0135. The Labute approximate surface area is 132 Å². The first-order chi connectivity index (χ1) is 10.9. The Balaban J connectivity index is 1.64. The number of halogens is 3. The van der Waals surface area contributed by atoms with Crippen molar-refractivity contribution in [1.82, 2.24) is 10.6 Å². The lowest BCUT2D eigenvalue weighted by atomic mass is 10.2. The first-order valence-corrected chi connectivity index (χ1v) is 7.33. The summed E-state index contributed by atoms with van der Waals surface area (Å²) in [5.41, 5.74) is -0.722. The lowest BCUT2D eigenvalue weighted by molar-refractivity contribution is -0.137. The molecule has 1 fully saturated rings. The normalized spacial score (nSPS) is 18.5. The Bertz CT molecular complexity index is 500. The maximum atomic E-state index is 12.4. The number of carbonyl (C=O) groups is 1. The first-order valence-electron chi connectivity index (χ1n) is 7.33. The number of benzene rings is 1. The fourth-order valence-electron chi connectivity index (χ4n) is 2.15. The summed E-state index contributed by atoms with van der Waals surface area (Å²) in [4.78, 5) is 11.7. The molecule has 1 atom stereocenters. The Morgan fingerprint density at radius 3 is 2.70 bits per heavy atom. The van der Waals surface area contributed by atoms with Gasteiger partial charge in [0, 0.05) is 19.0 Å². The summed E-state index contributed by atoms with van der Waals surface area (Å²) in [5.74, 6) is 0.207. The first kappa shape index (κ1) is 17.6. The maximum absolute atomic E-state index is 12.4. The summed E-state index contributed by atoms with van der Waals surface area (Å²) in [6.45, 7) is 2.36. The summed E-state index contributed by atoms with van der Waals surface area (Å²) >= 11 is 0. The van der Waals surface area contributed by atoms with Crippen LogP contribution in [-0.4, -0.2) is 44.9 Å². The number of carbonyl (C=O) groups excluding carboxylic acids is 1. The van der Waals surface area contributed by atoms with Crippen molar-refractivity contribution in [3.05, 3.63) is 29.8 Å². The number of hydrogen-bond donors (Lipinski definition) is 2. The van der Waals surface area contributed by atoms with E-state index < -0.39 is 11.7 Å². The molecule has 0 aromatic heterocycles. The van der Waals surface area contributed by atoms with Gasteiger partial charge in [0.2, 0.25) is 5.91 Å². The van der Waals surface area contributed by atoms with E-state index in [1.165, 1.54) is 12.1 Å².